The van der Waals surface area contributed by atoms with Gasteiger partial charge >= 0.3 is 0 Å². The largest absolute Gasteiger partial charge is 0.288 e. The van der Waals surface area contributed by atoms with Gasteiger partial charge in [-0.1, -0.05) is 0 Å². The summed E-state index contributed by atoms with van der Waals surface area (Å²) in [6.07, 6.45) is 1.72. The van der Waals surface area contributed by atoms with Crippen molar-refractivity contribution >= 4 is 65.9 Å². The molecule has 0 saturated heterocycles. The van der Waals surface area contributed by atoms with Crippen LogP contribution in [0.1, 0.15) is 31.2 Å². The Morgan fingerprint density at radius 2 is 1.53 bits per heavy atom. The third kappa shape index (κ3) is 3.45. The first kappa shape index (κ1) is 15.2. The summed E-state index contributed by atoms with van der Waals surface area (Å²) in [5.41, 5.74) is 1.01. The van der Waals surface area contributed by atoms with E-state index in [4.69, 9.17) is 0 Å². The van der Waals surface area contributed by atoms with E-state index in [2.05, 4.69) is 44.8 Å². The number of carbonyl (C=O) groups excluding carboxylic acids is 1. The lowest BCUT2D eigenvalue weighted by Crippen LogP contribution is -1.90. The Labute approximate surface area is 137 Å². The second-order valence-electron chi connectivity index (χ2n) is 4.22. The van der Waals surface area contributed by atoms with Gasteiger partial charge < -0.3 is 0 Å². The number of hydrogen-bond acceptors (Lipinski definition) is 3. The number of halogens is 2. The SMILES string of the molecule is C/C(=C\C(=O)c1cc(Br)c(C)s1)c1cc(Br)c(C)s1. The van der Waals surface area contributed by atoms with E-state index < -0.39 is 0 Å². The molecular formula is C14H12Br2OS2. The molecule has 5 heteroatoms. The van der Waals surface area contributed by atoms with Crippen LogP contribution in [0.25, 0.3) is 5.57 Å². The van der Waals surface area contributed by atoms with Crippen molar-refractivity contribution in [3.8, 4) is 0 Å². The zero-order chi connectivity index (χ0) is 14.2. The van der Waals surface area contributed by atoms with Gasteiger partial charge in [-0.05, 0) is 76.4 Å². The van der Waals surface area contributed by atoms with Crippen molar-refractivity contribution in [2.24, 2.45) is 0 Å². The van der Waals surface area contributed by atoms with Gasteiger partial charge in [0.05, 0.1) is 4.88 Å². The fourth-order valence-electron chi connectivity index (χ4n) is 1.57. The van der Waals surface area contributed by atoms with E-state index in [0.29, 0.717) is 0 Å². The number of ketones is 1. The van der Waals surface area contributed by atoms with Crippen molar-refractivity contribution in [3.05, 3.63) is 46.7 Å². The van der Waals surface area contributed by atoms with E-state index in [1.54, 1.807) is 17.4 Å². The molecule has 0 atom stereocenters. The van der Waals surface area contributed by atoms with Crippen LogP contribution in [0.3, 0.4) is 0 Å². The average molecular weight is 420 g/mol. The normalized spacial score (nSPS) is 11.9. The van der Waals surface area contributed by atoms with Crippen molar-refractivity contribution in [3.63, 3.8) is 0 Å². The zero-order valence-corrected chi connectivity index (χ0v) is 15.5. The Kier molecular flexibility index (Phi) is 4.82. The second kappa shape index (κ2) is 6.04. The molecule has 2 rings (SSSR count). The van der Waals surface area contributed by atoms with E-state index in [1.165, 1.54) is 16.2 Å². The first-order valence-electron chi connectivity index (χ1n) is 5.63. The van der Waals surface area contributed by atoms with Crippen LogP contribution in [0, 0.1) is 13.8 Å². The predicted octanol–water partition coefficient (Wildman–Crippen LogP) is 6.24. The van der Waals surface area contributed by atoms with Gasteiger partial charge in [-0.3, -0.25) is 4.79 Å². The number of aryl methyl sites for hydroxylation is 2. The van der Waals surface area contributed by atoms with Crippen molar-refractivity contribution in [2.45, 2.75) is 20.8 Å². The Balaban J connectivity index is 2.27. The number of carbonyl (C=O) groups is 1. The van der Waals surface area contributed by atoms with Gasteiger partial charge in [0.1, 0.15) is 0 Å². The molecule has 0 aliphatic rings. The average Bonchev–Trinajstić information content (AvgIpc) is 2.84. The lowest BCUT2D eigenvalue weighted by Gasteiger charge is -1.95. The number of rotatable bonds is 3. The van der Waals surface area contributed by atoms with Gasteiger partial charge in [-0.15, -0.1) is 22.7 Å². The van der Waals surface area contributed by atoms with Gasteiger partial charge in [0, 0.05) is 23.6 Å². The maximum absolute atomic E-state index is 12.2. The molecule has 0 unspecified atom stereocenters. The first-order chi connectivity index (χ1) is 8.88. The second-order valence-corrected chi connectivity index (χ2v) is 8.44. The van der Waals surface area contributed by atoms with Crippen LogP contribution in [-0.4, -0.2) is 5.78 Å². The molecule has 2 aromatic heterocycles. The molecule has 100 valence electrons. The highest BCUT2D eigenvalue weighted by molar-refractivity contribution is 9.10. The van der Waals surface area contributed by atoms with Gasteiger partial charge in [-0.2, -0.15) is 0 Å². The molecule has 2 heterocycles. The molecular weight excluding hydrogens is 408 g/mol. The highest BCUT2D eigenvalue weighted by Gasteiger charge is 2.11. The molecule has 0 saturated carbocycles. The number of thiophene rings is 2. The molecule has 0 N–H and O–H groups in total. The molecule has 0 aliphatic carbocycles. The summed E-state index contributed by atoms with van der Waals surface area (Å²) in [4.78, 5) is 16.5. The molecule has 2 aromatic rings. The fourth-order valence-corrected chi connectivity index (χ4v) is 4.53. The highest BCUT2D eigenvalue weighted by Crippen LogP contribution is 2.32. The molecule has 0 spiro atoms. The summed E-state index contributed by atoms with van der Waals surface area (Å²) in [6.45, 7) is 6.04. The summed E-state index contributed by atoms with van der Waals surface area (Å²) >= 11 is 10.2. The first-order valence-corrected chi connectivity index (χ1v) is 8.85. The Hall–Kier alpha value is -0.230. The summed E-state index contributed by atoms with van der Waals surface area (Å²) in [7, 11) is 0. The maximum Gasteiger partial charge on any atom is 0.196 e. The molecule has 0 radical (unpaired) electrons. The number of hydrogen-bond donors (Lipinski definition) is 0. The zero-order valence-electron chi connectivity index (χ0n) is 10.7. The van der Waals surface area contributed by atoms with Crippen LogP contribution in [0.5, 0.6) is 0 Å². The standard InChI is InChI=1S/C14H12Br2OS2/c1-7(13-5-10(15)8(2)18-13)4-12(17)14-6-11(16)9(3)19-14/h4-6H,1-3H3/b7-4+. The summed E-state index contributed by atoms with van der Waals surface area (Å²) in [5.74, 6) is 0.0680. The van der Waals surface area contributed by atoms with Crippen LogP contribution >= 0.6 is 54.5 Å². The van der Waals surface area contributed by atoms with Gasteiger partial charge in [-0.25, -0.2) is 0 Å². The van der Waals surface area contributed by atoms with E-state index in [0.717, 1.165) is 29.1 Å². The van der Waals surface area contributed by atoms with Crippen molar-refractivity contribution in [1.82, 2.24) is 0 Å². The topological polar surface area (TPSA) is 17.1 Å². The Bertz CT molecular complexity index is 626. The van der Waals surface area contributed by atoms with Gasteiger partial charge in [0.2, 0.25) is 0 Å². The molecule has 19 heavy (non-hydrogen) atoms. The quantitative estimate of drug-likeness (QED) is 0.425. The van der Waals surface area contributed by atoms with Crippen molar-refractivity contribution in [2.75, 3.05) is 0 Å². The van der Waals surface area contributed by atoms with Crippen molar-refractivity contribution in [1.29, 1.82) is 0 Å². The van der Waals surface area contributed by atoms with Crippen LogP contribution in [0.2, 0.25) is 0 Å². The third-order valence-corrected chi connectivity index (χ3v) is 7.12. The minimum atomic E-state index is 0.0680. The van der Waals surface area contributed by atoms with Crippen LogP contribution in [0.15, 0.2) is 27.2 Å². The summed E-state index contributed by atoms with van der Waals surface area (Å²) in [6, 6.07) is 3.95. The van der Waals surface area contributed by atoms with Crippen LogP contribution in [0.4, 0.5) is 0 Å². The molecule has 0 aromatic carbocycles. The summed E-state index contributed by atoms with van der Waals surface area (Å²) in [5, 5.41) is 0. The van der Waals surface area contributed by atoms with Crippen molar-refractivity contribution < 1.29 is 4.79 Å². The molecule has 0 amide bonds. The van der Waals surface area contributed by atoms with E-state index >= 15 is 0 Å². The van der Waals surface area contributed by atoms with Gasteiger partial charge in [0.15, 0.2) is 5.78 Å². The van der Waals surface area contributed by atoms with Gasteiger partial charge in [0.25, 0.3) is 0 Å². The molecule has 0 fully saturated rings. The van der Waals surface area contributed by atoms with Crippen LogP contribution in [-0.2, 0) is 0 Å². The molecule has 0 bridgehead atoms. The predicted molar refractivity (Wildman–Crippen MR) is 91.5 cm³/mol. The smallest absolute Gasteiger partial charge is 0.196 e. The fraction of sp³-hybridized carbons (Fsp3) is 0.214. The van der Waals surface area contributed by atoms with E-state index in [-0.39, 0.29) is 5.78 Å². The Morgan fingerprint density at radius 1 is 1.05 bits per heavy atom. The third-order valence-electron chi connectivity index (χ3n) is 2.69. The monoisotopic (exact) mass is 418 g/mol. The lowest BCUT2D eigenvalue weighted by molar-refractivity contribution is 0.105. The minimum Gasteiger partial charge on any atom is -0.288 e. The highest BCUT2D eigenvalue weighted by atomic mass is 79.9. The maximum atomic E-state index is 12.2. The summed E-state index contributed by atoms with van der Waals surface area (Å²) < 4.78 is 2.10. The number of allylic oxidation sites excluding steroid dienone is 2. The molecule has 1 nitrogen and oxygen atoms in total. The lowest BCUT2D eigenvalue weighted by atomic mass is 10.2. The van der Waals surface area contributed by atoms with E-state index in [1.807, 2.05) is 19.9 Å². The van der Waals surface area contributed by atoms with E-state index in [9.17, 15) is 4.79 Å². The molecule has 0 aliphatic heterocycles. The minimum absolute atomic E-state index is 0.0680. The Morgan fingerprint density at radius 3 is 1.95 bits per heavy atom. The van der Waals surface area contributed by atoms with Crippen LogP contribution < -0.4 is 0 Å².